The quantitative estimate of drug-likeness (QED) is 0.550. The number of guanidine groups is 1. The molecule has 0 aromatic carbocycles. The third kappa shape index (κ3) is 6.17. The van der Waals surface area contributed by atoms with E-state index in [9.17, 15) is 8.42 Å². The summed E-state index contributed by atoms with van der Waals surface area (Å²) in [6, 6.07) is 4.32. The first-order valence-electron chi connectivity index (χ1n) is 10.2. The van der Waals surface area contributed by atoms with Gasteiger partial charge < -0.3 is 10.2 Å². The van der Waals surface area contributed by atoms with Gasteiger partial charge in [-0.2, -0.15) is 0 Å². The lowest BCUT2D eigenvalue weighted by Gasteiger charge is -2.36. The second-order valence-corrected chi connectivity index (χ2v) is 10.7. The maximum Gasteiger partial charge on any atom is 0.211 e. The Morgan fingerprint density at radius 2 is 1.93 bits per heavy atom. The Hall–Kier alpha value is -1.16. The summed E-state index contributed by atoms with van der Waals surface area (Å²) in [5.74, 6) is 1.47. The number of aliphatic imine (C=N–C) groups is 1. The first kappa shape index (κ1) is 21.5. The van der Waals surface area contributed by atoms with Crippen LogP contribution in [0, 0.1) is 5.92 Å². The molecule has 2 fully saturated rings. The molecule has 0 amide bonds. The van der Waals surface area contributed by atoms with E-state index in [0.29, 0.717) is 19.0 Å². The average molecular weight is 428 g/mol. The number of nitrogens with zero attached hydrogens (tertiary/aromatic N) is 4. The number of thiophene rings is 1. The number of hydrogen-bond donors (Lipinski definition) is 1. The molecule has 1 aromatic rings. The van der Waals surface area contributed by atoms with Crippen LogP contribution >= 0.6 is 11.3 Å². The Morgan fingerprint density at radius 3 is 2.50 bits per heavy atom. The fraction of sp³-hybridized carbons (Fsp3) is 0.737. The van der Waals surface area contributed by atoms with Gasteiger partial charge in [-0.25, -0.2) is 12.7 Å². The van der Waals surface area contributed by atoms with Gasteiger partial charge in [-0.15, -0.1) is 11.3 Å². The molecule has 0 aliphatic carbocycles. The summed E-state index contributed by atoms with van der Waals surface area (Å²) >= 11 is 1.82. The van der Waals surface area contributed by atoms with E-state index in [0.717, 1.165) is 64.6 Å². The van der Waals surface area contributed by atoms with Crippen molar-refractivity contribution in [2.45, 2.75) is 26.3 Å². The van der Waals surface area contributed by atoms with Crippen molar-refractivity contribution in [2.75, 3.05) is 58.6 Å². The van der Waals surface area contributed by atoms with E-state index in [-0.39, 0.29) is 0 Å². The summed E-state index contributed by atoms with van der Waals surface area (Å²) in [7, 11) is -3.06. The van der Waals surface area contributed by atoms with Crippen LogP contribution < -0.4 is 5.32 Å². The van der Waals surface area contributed by atoms with Gasteiger partial charge in [-0.3, -0.25) is 9.89 Å². The van der Waals surface area contributed by atoms with Gasteiger partial charge in [0.05, 0.1) is 6.26 Å². The number of hydrogen-bond acceptors (Lipinski definition) is 5. The van der Waals surface area contributed by atoms with Gasteiger partial charge >= 0.3 is 0 Å². The lowest BCUT2D eigenvalue weighted by molar-refractivity contribution is 0.173. The fourth-order valence-corrected chi connectivity index (χ4v) is 5.43. The topological polar surface area (TPSA) is 68.2 Å². The van der Waals surface area contributed by atoms with Gasteiger partial charge in [-0.05, 0) is 37.1 Å². The van der Waals surface area contributed by atoms with E-state index < -0.39 is 10.0 Å². The summed E-state index contributed by atoms with van der Waals surface area (Å²) in [6.45, 7) is 10.1. The van der Waals surface area contributed by atoms with Crippen LogP contribution in [0.2, 0.25) is 0 Å². The Bertz CT molecular complexity index is 720. The van der Waals surface area contributed by atoms with Crippen molar-refractivity contribution in [3.05, 3.63) is 22.4 Å². The Morgan fingerprint density at radius 1 is 1.21 bits per heavy atom. The van der Waals surface area contributed by atoms with Crippen LogP contribution in [-0.4, -0.2) is 87.1 Å². The zero-order valence-corrected chi connectivity index (χ0v) is 18.6. The van der Waals surface area contributed by atoms with Crippen LogP contribution in [-0.2, 0) is 16.6 Å². The molecule has 0 radical (unpaired) electrons. The molecular formula is C19H33N5O2S2. The molecule has 1 N–H and O–H groups in total. The van der Waals surface area contributed by atoms with Crippen LogP contribution in [0.4, 0.5) is 0 Å². The molecule has 2 saturated heterocycles. The number of sulfonamides is 1. The minimum atomic E-state index is -3.06. The second-order valence-electron chi connectivity index (χ2n) is 7.64. The van der Waals surface area contributed by atoms with E-state index in [4.69, 9.17) is 4.99 Å². The molecular weight excluding hydrogens is 394 g/mol. The van der Waals surface area contributed by atoms with Crippen molar-refractivity contribution >= 4 is 27.3 Å². The summed E-state index contributed by atoms with van der Waals surface area (Å²) in [5, 5.41) is 5.58. The van der Waals surface area contributed by atoms with Crippen LogP contribution in [0.1, 0.15) is 24.6 Å². The van der Waals surface area contributed by atoms with Crippen LogP contribution in [0.3, 0.4) is 0 Å². The van der Waals surface area contributed by atoms with Gasteiger partial charge in [0.1, 0.15) is 0 Å². The van der Waals surface area contributed by atoms with Crippen molar-refractivity contribution in [1.82, 2.24) is 19.4 Å². The highest BCUT2D eigenvalue weighted by Crippen LogP contribution is 2.19. The van der Waals surface area contributed by atoms with E-state index in [1.165, 1.54) is 11.1 Å². The lowest BCUT2D eigenvalue weighted by atomic mass is 9.98. The predicted molar refractivity (Wildman–Crippen MR) is 116 cm³/mol. The third-order valence-electron chi connectivity index (χ3n) is 5.51. The van der Waals surface area contributed by atoms with E-state index in [1.807, 2.05) is 11.3 Å². The third-order valence-corrected chi connectivity index (χ3v) is 7.67. The lowest BCUT2D eigenvalue weighted by Crippen LogP contribution is -2.52. The van der Waals surface area contributed by atoms with Gasteiger partial charge in [0.25, 0.3) is 0 Å². The van der Waals surface area contributed by atoms with Crippen LogP contribution in [0.25, 0.3) is 0 Å². The SMILES string of the molecule is CCNC(=NCC1CCN(S(C)(=O)=O)CC1)N1CCN(Cc2cccs2)CC1. The molecule has 2 aliphatic rings. The van der Waals surface area contributed by atoms with E-state index in [1.54, 1.807) is 4.31 Å². The molecule has 0 spiro atoms. The normalized spacial score (nSPS) is 21.2. The molecule has 3 heterocycles. The number of nitrogens with one attached hydrogen (secondary N) is 1. The maximum absolute atomic E-state index is 11.7. The largest absolute Gasteiger partial charge is 0.357 e. The van der Waals surface area contributed by atoms with Crippen molar-refractivity contribution in [3.63, 3.8) is 0 Å². The monoisotopic (exact) mass is 427 g/mol. The number of piperidine rings is 1. The molecule has 28 heavy (non-hydrogen) atoms. The first-order valence-corrected chi connectivity index (χ1v) is 12.9. The highest BCUT2D eigenvalue weighted by molar-refractivity contribution is 7.88. The fourth-order valence-electron chi connectivity index (χ4n) is 3.81. The molecule has 0 unspecified atom stereocenters. The molecule has 9 heteroatoms. The molecule has 3 rings (SSSR count). The van der Waals surface area contributed by atoms with Gasteiger partial charge in [0, 0.05) is 63.8 Å². The zero-order valence-electron chi connectivity index (χ0n) is 17.0. The highest BCUT2D eigenvalue weighted by atomic mass is 32.2. The summed E-state index contributed by atoms with van der Waals surface area (Å²) < 4.78 is 24.9. The van der Waals surface area contributed by atoms with Crippen molar-refractivity contribution in [3.8, 4) is 0 Å². The van der Waals surface area contributed by atoms with Crippen molar-refractivity contribution in [2.24, 2.45) is 10.9 Å². The second kappa shape index (κ2) is 10.0. The molecule has 7 nitrogen and oxygen atoms in total. The minimum absolute atomic E-state index is 0.465. The molecule has 0 atom stereocenters. The maximum atomic E-state index is 11.7. The summed E-state index contributed by atoms with van der Waals surface area (Å²) in [4.78, 5) is 11.2. The number of piperazine rings is 1. The standard InChI is InChI=1S/C19H33N5O2S2/c1-3-20-19(21-15-17-6-8-24(9-7-17)28(2,25)26)23-12-10-22(11-13-23)16-18-5-4-14-27-18/h4-5,14,17H,3,6-13,15-16H2,1-2H3,(H,20,21). The van der Waals surface area contributed by atoms with Gasteiger partial charge in [-0.1, -0.05) is 6.07 Å². The Labute approximate surface area is 173 Å². The molecule has 0 saturated carbocycles. The van der Waals surface area contributed by atoms with Crippen LogP contribution in [0.5, 0.6) is 0 Å². The first-order chi connectivity index (χ1) is 13.5. The zero-order chi connectivity index (χ0) is 20.0. The van der Waals surface area contributed by atoms with Crippen molar-refractivity contribution < 1.29 is 8.42 Å². The summed E-state index contributed by atoms with van der Waals surface area (Å²) in [5.41, 5.74) is 0. The smallest absolute Gasteiger partial charge is 0.211 e. The molecule has 1 aromatic heterocycles. The van der Waals surface area contributed by atoms with Crippen molar-refractivity contribution in [1.29, 1.82) is 0 Å². The molecule has 158 valence electrons. The minimum Gasteiger partial charge on any atom is -0.357 e. The Kier molecular flexibility index (Phi) is 7.73. The predicted octanol–water partition coefficient (Wildman–Crippen LogP) is 1.50. The van der Waals surface area contributed by atoms with E-state index in [2.05, 4.69) is 39.6 Å². The van der Waals surface area contributed by atoms with Gasteiger partial charge in [0.2, 0.25) is 10.0 Å². The molecule has 0 bridgehead atoms. The molecule has 2 aliphatic heterocycles. The summed E-state index contributed by atoms with van der Waals surface area (Å²) in [6.07, 6.45) is 3.09. The van der Waals surface area contributed by atoms with E-state index >= 15 is 0 Å². The number of rotatable bonds is 6. The average Bonchev–Trinajstić information content (AvgIpc) is 3.18. The van der Waals surface area contributed by atoms with Crippen LogP contribution in [0.15, 0.2) is 22.5 Å². The van der Waals surface area contributed by atoms with Gasteiger partial charge in [0.15, 0.2) is 5.96 Å². The Balaban J connectivity index is 1.48. The highest BCUT2D eigenvalue weighted by Gasteiger charge is 2.25.